The summed E-state index contributed by atoms with van der Waals surface area (Å²) >= 11 is 2.23. The summed E-state index contributed by atoms with van der Waals surface area (Å²) in [4.78, 5) is 8.86. The molecule has 2 aliphatic rings. The SMILES string of the molecule is Cc1nn(C2CCC2)c(I)c1OC[C@@H]1CN(c2nc(N)ncc2C(F)(F)F)CCO1. The van der Waals surface area contributed by atoms with Crippen LogP contribution in [0.4, 0.5) is 24.9 Å². The van der Waals surface area contributed by atoms with Crippen molar-refractivity contribution in [2.45, 2.75) is 44.5 Å². The van der Waals surface area contributed by atoms with Gasteiger partial charge in [-0.05, 0) is 48.8 Å². The molecule has 30 heavy (non-hydrogen) atoms. The molecule has 8 nitrogen and oxygen atoms in total. The number of ether oxygens (including phenoxy) is 2. The van der Waals surface area contributed by atoms with E-state index in [0.29, 0.717) is 11.8 Å². The van der Waals surface area contributed by atoms with Crippen LogP contribution in [0.5, 0.6) is 5.75 Å². The largest absolute Gasteiger partial charge is 0.486 e. The lowest BCUT2D eigenvalue weighted by atomic mass is 9.93. The second-order valence-electron chi connectivity index (χ2n) is 7.45. The molecule has 12 heteroatoms. The third-order valence-corrected chi connectivity index (χ3v) is 6.32. The van der Waals surface area contributed by atoms with Crippen molar-refractivity contribution in [3.8, 4) is 5.75 Å². The van der Waals surface area contributed by atoms with E-state index in [2.05, 4.69) is 37.7 Å². The second-order valence-corrected chi connectivity index (χ2v) is 8.47. The number of hydrogen-bond acceptors (Lipinski definition) is 7. The van der Waals surface area contributed by atoms with Crippen molar-refractivity contribution >= 4 is 34.4 Å². The molecule has 164 valence electrons. The number of morpholine rings is 1. The van der Waals surface area contributed by atoms with Crippen LogP contribution in [0, 0.1) is 10.6 Å². The Morgan fingerprint density at radius 3 is 2.80 bits per heavy atom. The number of nitrogens with two attached hydrogens (primary N) is 1. The van der Waals surface area contributed by atoms with Gasteiger partial charge in [0.1, 0.15) is 33.5 Å². The Hall–Kier alpha value is -1.83. The Labute approximate surface area is 185 Å². The normalized spacial score (nSPS) is 20.3. The summed E-state index contributed by atoms with van der Waals surface area (Å²) in [6.07, 6.45) is -0.842. The average molecular weight is 538 g/mol. The van der Waals surface area contributed by atoms with Gasteiger partial charge in [-0.2, -0.15) is 23.3 Å². The fourth-order valence-corrected chi connectivity index (χ4v) is 4.61. The fourth-order valence-electron chi connectivity index (χ4n) is 3.56. The number of hydrogen-bond donors (Lipinski definition) is 1. The van der Waals surface area contributed by atoms with Crippen molar-refractivity contribution < 1.29 is 22.6 Å². The third-order valence-electron chi connectivity index (χ3n) is 5.34. The highest BCUT2D eigenvalue weighted by molar-refractivity contribution is 14.1. The Kier molecular flexibility index (Phi) is 5.97. The third kappa shape index (κ3) is 4.29. The lowest BCUT2D eigenvalue weighted by Gasteiger charge is -2.34. The maximum Gasteiger partial charge on any atom is 0.421 e. The molecule has 0 aromatic carbocycles. The van der Waals surface area contributed by atoms with E-state index in [1.54, 1.807) is 0 Å². The van der Waals surface area contributed by atoms with Gasteiger partial charge in [-0.1, -0.05) is 0 Å². The maximum absolute atomic E-state index is 13.4. The minimum Gasteiger partial charge on any atom is -0.486 e. The van der Waals surface area contributed by atoms with E-state index in [4.69, 9.17) is 15.2 Å². The lowest BCUT2D eigenvalue weighted by molar-refractivity contribution is -0.137. The molecule has 1 aliphatic carbocycles. The highest BCUT2D eigenvalue weighted by atomic mass is 127. The highest BCUT2D eigenvalue weighted by Gasteiger charge is 2.38. The second kappa shape index (κ2) is 8.36. The lowest BCUT2D eigenvalue weighted by Crippen LogP contribution is -2.46. The number of rotatable bonds is 5. The molecular weight excluding hydrogens is 516 g/mol. The first-order chi connectivity index (χ1) is 14.2. The van der Waals surface area contributed by atoms with Crippen LogP contribution in [0.25, 0.3) is 0 Å². The van der Waals surface area contributed by atoms with Crippen LogP contribution in [0.15, 0.2) is 6.20 Å². The van der Waals surface area contributed by atoms with Gasteiger partial charge in [0.25, 0.3) is 0 Å². The number of aryl methyl sites for hydroxylation is 1. The number of anilines is 2. The van der Waals surface area contributed by atoms with Crippen LogP contribution in [0.3, 0.4) is 0 Å². The van der Waals surface area contributed by atoms with Crippen LogP contribution in [0.2, 0.25) is 0 Å². The van der Waals surface area contributed by atoms with Crippen LogP contribution in [0.1, 0.15) is 36.6 Å². The number of halogens is 4. The van der Waals surface area contributed by atoms with Gasteiger partial charge >= 0.3 is 6.18 Å². The molecule has 2 N–H and O–H groups in total. The number of aromatic nitrogens is 4. The van der Waals surface area contributed by atoms with E-state index in [9.17, 15) is 13.2 Å². The van der Waals surface area contributed by atoms with Crippen molar-refractivity contribution in [2.75, 3.05) is 36.9 Å². The molecule has 2 aromatic rings. The summed E-state index contributed by atoms with van der Waals surface area (Å²) in [5.74, 6) is 0.267. The number of nitrogens with zero attached hydrogens (tertiary/aromatic N) is 5. The molecule has 1 saturated heterocycles. The monoisotopic (exact) mass is 538 g/mol. The van der Waals surface area contributed by atoms with Crippen molar-refractivity contribution in [3.63, 3.8) is 0 Å². The van der Waals surface area contributed by atoms with Crippen LogP contribution >= 0.6 is 22.6 Å². The average Bonchev–Trinajstić information content (AvgIpc) is 2.91. The van der Waals surface area contributed by atoms with Gasteiger partial charge in [0, 0.05) is 19.3 Å². The zero-order valence-corrected chi connectivity index (χ0v) is 18.5. The van der Waals surface area contributed by atoms with Crippen molar-refractivity contribution in [1.82, 2.24) is 19.7 Å². The van der Waals surface area contributed by atoms with Gasteiger partial charge < -0.3 is 20.1 Å². The molecule has 0 unspecified atom stereocenters. The van der Waals surface area contributed by atoms with E-state index in [1.807, 2.05) is 11.6 Å². The van der Waals surface area contributed by atoms with E-state index >= 15 is 0 Å². The predicted octanol–water partition coefficient (Wildman–Crippen LogP) is 3.20. The summed E-state index contributed by atoms with van der Waals surface area (Å²) in [5.41, 5.74) is 5.42. The van der Waals surface area contributed by atoms with Crippen molar-refractivity contribution in [1.29, 1.82) is 0 Å². The minimum atomic E-state index is -4.57. The van der Waals surface area contributed by atoms with Gasteiger partial charge in [-0.25, -0.2) is 4.98 Å². The first-order valence-electron chi connectivity index (χ1n) is 9.67. The van der Waals surface area contributed by atoms with Crippen LogP contribution < -0.4 is 15.4 Å². The van der Waals surface area contributed by atoms with Crippen molar-refractivity contribution in [2.24, 2.45) is 0 Å². The van der Waals surface area contributed by atoms with Gasteiger partial charge in [0.2, 0.25) is 5.95 Å². The van der Waals surface area contributed by atoms with E-state index < -0.39 is 17.8 Å². The Bertz CT molecular complexity index is 918. The molecule has 3 heterocycles. The molecule has 2 aromatic heterocycles. The molecule has 2 fully saturated rings. The molecule has 0 amide bonds. The molecule has 0 bridgehead atoms. The molecule has 4 rings (SSSR count). The van der Waals surface area contributed by atoms with Crippen molar-refractivity contribution in [3.05, 3.63) is 21.2 Å². The van der Waals surface area contributed by atoms with Gasteiger partial charge in [-0.15, -0.1) is 0 Å². The van der Waals surface area contributed by atoms with E-state index in [0.717, 1.165) is 28.4 Å². The first-order valence-corrected chi connectivity index (χ1v) is 10.8. The van der Waals surface area contributed by atoms with Crippen LogP contribution in [-0.4, -0.2) is 52.2 Å². The van der Waals surface area contributed by atoms with Crippen LogP contribution in [-0.2, 0) is 10.9 Å². The zero-order chi connectivity index (χ0) is 21.5. The molecule has 1 atom stereocenters. The summed E-state index contributed by atoms with van der Waals surface area (Å²) < 4.78 is 54.8. The summed E-state index contributed by atoms with van der Waals surface area (Å²) in [5, 5.41) is 4.58. The summed E-state index contributed by atoms with van der Waals surface area (Å²) in [7, 11) is 0. The van der Waals surface area contributed by atoms with Gasteiger partial charge in [0.15, 0.2) is 5.75 Å². The Balaban J connectivity index is 1.46. The molecule has 1 aliphatic heterocycles. The summed E-state index contributed by atoms with van der Waals surface area (Å²) in [6.45, 7) is 2.82. The quantitative estimate of drug-likeness (QED) is 0.585. The fraction of sp³-hybridized carbons (Fsp3) is 0.611. The first kappa shape index (κ1) is 21.4. The number of nitrogen functional groups attached to an aromatic ring is 1. The Morgan fingerprint density at radius 2 is 2.13 bits per heavy atom. The number of alkyl halides is 3. The van der Waals surface area contributed by atoms with E-state index in [1.165, 1.54) is 11.3 Å². The Morgan fingerprint density at radius 1 is 1.37 bits per heavy atom. The maximum atomic E-state index is 13.4. The zero-order valence-electron chi connectivity index (χ0n) is 16.3. The summed E-state index contributed by atoms with van der Waals surface area (Å²) in [6, 6.07) is 0.415. The molecule has 1 saturated carbocycles. The van der Waals surface area contributed by atoms with Gasteiger partial charge in [0.05, 0.1) is 12.6 Å². The minimum absolute atomic E-state index is 0.200. The molecule has 0 radical (unpaired) electrons. The molecule has 0 spiro atoms. The predicted molar refractivity (Wildman–Crippen MR) is 111 cm³/mol. The highest BCUT2D eigenvalue weighted by Crippen LogP contribution is 2.37. The van der Waals surface area contributed by atoms with E-state index in [-0.39, 0.29) is 38.1 Å². The smallest absolute Gasteiger partial charge is 0.421 e. The molecular formula is C18H22F3IN6O2. The van der Waals surface area contributed by atoms with Gasteiger partial charge in [-0.3, -0.25) is 4.68 Å². The topological polar surface area (TPSA) is 91.3 Å². The standard InChI is InChI=1S/C18H22F3IN6O2/c1-10-14(15(22)28(26-10)11-3-2-4-11)30-9-12-8-27(5-6-29-12)16-13(18(19,20)21)7-24-17(23)25-16/h7,11-12H,2-6,8-9H2,1H3,(H2,23,24,25)/t12-/m0/s1.